The monoisotopic (exact) mass is 484 g/mol. The zero-order chi connectivity index (χ0) is 24.6. The van der Waals surface area contributed by atoms with Gasteiger partial charge in [0.15, 0.2) is 0 Å². The molecule has 0 aliphatic carbocycles. The first kappa shape index (κ1) is 24.9. The van der Waals surface area contributed by atoms with Gasteiger partial charge < -0.3 is 19.5 Å². The van der Waals surface area contributed by atoms with Crippen LogP contribution in [-0.4, -0.2) is 46.9 Å². The summed E-state index contributed by atoms with van der Waals surface area (Å²) >= 11 is 0. The molecule has 1 unspecified atom stereocenters. The molecular weight excluding hydrogens is 456 g/mol. The van der Waals surface area contributed by atoms with Gasteiger partial charge in [-0.2, -0.15) is 0 Å². The van der Waals surface area contributed by atoms with E-state index in [9.17, 15) is 13.2 Å². The number of ether oxygens (including phenoxy) is 3. The molecule has 0 bridgehead atoms. The number of hydrogen-bond donors (Lipinski definition) is 1. The molecule has 8 nitrogen and oxygen atoms in total. The Morgan fingerprint density at radius 1 is 0.912 bits per heavy atom. The van der Waals surface area contributed by atoms with Crippen LogP contribution in [-0.2, 0) is 14.8 Å². The molecule has 1 N–H and O–H groups in total. The number of nitrogens with zero attached hydrogens (tertiary/aromatic N) is 1. The minimum absolute atomic E-state index is 0.210. The number of anilines is 1. The molecule has 0 aliphatic heterocycles. The fraction of sp³-hybridized carbons (Fsp3) is 0.240. The van der Waals surface area contributed by atoms with Gasteiger partial charge in [-0.1, -0.05) is 24.3 Å². The summed E-state index contributed by atoms with van der Waals surface area (Å²) in [4.78, 5) is 12.7. The number of carbonyl (C=O) groups excluding carboxylic acids is 1. The predicted octanol–water partition coefficient (Wildman–Crippen LogP) is 3.84. The maximum Gasteiger partial charge on any atom is 0.243 e. The van der Waals surface area contributed by atoms with Crippen LogP contribution in [0.25, 0.3) is 0 Å². The lowest BCUT2D eigenvalue weighted by molar-refractivity contribution is -0.121. The molecule has 1 atom stereocenters. The number of benzene rings is 3. The number of hydrogen-bond acceptors (Lipinski definition) is 6. The van der Waals surface area contributed by atoms with Crippen molar-refractivity contribution in [2.45, 2.75) is 13.0 Å². The van der Waals surface area contributed by atoms with Crippen molar-refractivity contribution < 1.29 is 27.4 Å². The lowest BCUT2D eigenvalue weighted by atomic mass is 10.2. The topological polar surface area (TPSA) is 94.2 Å². The summed E-state index contributed by atoms with van der Waals surface area (Å²) in [7, 11) is -2.16. The molecule has 3 aromatic rings. The third-order valence-electron chi connectivity index (χ3n) is 4.87. The summed E-state index contributed by atoms with van der Waals surface area (Å²) < 4.78 is 42.6. The molecule has 9 heteroatoms. The van der Waals surface area contributed by atoms with Crippen LogP contribution < -0.4 is 23.8 Å². The van der Waals surface area contributed by atoms with Gasteiger partial charge in [-0.3, -0.25) is 9.10 Å². The van der Waals surface area contributed by atoms with Crippen molar-refractivity contribution in [2.75, 3.05) is 30.8 Å². The van der Waals surface area contributed by atoms with E-state index >= 15 is 0 Å². The van der Waals surface area contributed by atoms with Crippen LogP contribution in [0, 0.1) is 0 Å². The van der Waals surface area contributed by atoms with Crippen LogP contribution in [0.15, 0.2) is 78.9 Å². The van der Waals surface area contributed by atoms with Gasteiger partial charge in [0.05, 0.1) is 25.6 Å². The van der Waals surface area contributed by atoms with Crippen molar-refractivity contribution in [1.29, 1.82) is 0 Å². The maximum absolute atomic E-state index is 12.7. The van der Waals surface area contributed by atoms with Crippen LogP contribution in [0.4, 0.5) is 5.69 Å². The lowest BCUT2D eigenvalue weighted by Gasteiger charge is -2.28. The zero-order valence-electron chi connectivity index (χ0n) is 19.3. The highest BCUT2D eigenvalue weighted by Gasteiger charge is 2.29. The number of nitrogens with one attached hydrogen (secondary N) is 1. The molecule has 0 saturated carbocycles. The van der Waals surface area contributed by atoms with E-state index in [0.717, 1.165) is 10.6 Å². The van der Waals surface area contributed by atoms with Gasteiger partial charge in [0.2, 0.25) is 15.9 Å². The molecular formula is C25H28N2O6S. The minimum Gasteiger partial charge on any atom is -0.497 e. The molecule has 1 amide bonds. The van der Waals surface area contributed by atoms with E-state index in [1.165, 1.54) is 6.92 Å². The molecule has 34 heavy (non-hydrogen) atoms. The summed E-state index contributed by atoms with van der Waals surface area (Å²) in [6.07, 6.45) is 1.07. The van der Waals surface area contributed by atoms with E-state index in [-0.39, 0.29) is 13.2 Å². The summed E-state index contributed by atoms with van der Waals surface area (Å²) in [6, 6.07) is 21.9. The average molecular weight is 485 g/mol. The number of methoxy groups -OCH3 is 1. The Labute approximate surface area is 200 Å². The third-order valence-corrected chi connectivity index (χ3v) is 6.11. The van der Waals surface area contributed by atoms with Crippen molar-refractivity contribution in [1.82, 2.24) is 5.32 Å². The first-order valence-electron chi connectivity index (χ1n) is 10.6. The van der Waals surface area contributed by atoms with E-state index in [4.69, 9.17) is 14.2 Å². The molecule has 0 aliphatic rings. The van der Waals surface area contributed by atoms with Crippen LogP contribution in [0.5, 0.6) is 23.0 Å². The molecule has 180 valence electrons. The van der Waals surface area contributed by atoms with E-state index in [1.54, 1.807) is 55.6 Å². The SMILES string of the molecule is COc1cccc(OCCNC(=O)C(C)N(c2ccc(Oc3ccccc3)cc2)S(C)(=O)=O)c1. The first-order chi connectivity index (χ1) is 16.3. The molecule has 0 radical (unpaired) electrons. The first-order valence-corrected chi connectivity index (χ1v) is 12.5. The van der Waals surface area contributed by atoms with Crippen LogP contribution in [0.3, 0.4) is 0 Å². The van der Waals surface area contributed by atoms with Crippen LogP contribution >= 0.6 is 0 Å². The summed E-state index contributed by atoms with van der Waals surface area (Å²) in [6.45, 7) is 1.96. The molecule has 3 rings (SSSR count). The summed E-state index contributed by atoms with van der Waals surface area (Å²) in [5.74, 6) is 2.05. The highest BCUT2D eigenvalue weighted by atomic mass is 32.2. The standard InChI is InChI=1S/C25H28N2O6S/c1-19(25(28)26-16-17-32-24-11-7-10-23(18-24)31-2)27(34(3,29)30)20-12-14-22(15-13-20)33-21-8-5-4-6-9-21/h4-15,18-19H,16-17H2,1-3H3,(H,26,28). The number of sulfonamides is 1. The molecule has 0 spiro atoms. The van der Waals surface area contributed by atoms with Gasteiger partial charge in [0, 0.05) is 6.07 Å². The van der Waals surface area contributed by atoms with E-state index < -0.39 is 22.0 Å². The number of para-hydroxylation sites is 1. The van der Waals surface area contributed by atoms with Gasteiger partial charge in [0.1, 0.15) is 35.6 Å². The second-order valence-corrected chi connectivity index (χ2v) is 9.32. The molecule has 3 aromatic carbocycles. The zero-order valence-corrected chi connectivity index (χ0v) is 20.1. The second kappa shape index (κ2) is 11.4. The lowest BCUT2D eigenvalue weighted by Crippen LogP contribution is -2.48. The Balaban J connectivity index is 1.61. The summed E-state index contributed by atoms with van der Waals surface area (Å²) in [5, 5.41) is 2.72. The van der Waals surface area contributed by atoms with Crippen molar-refractivity contribution >= 4 is 21.6 Å². The third kappa shape index (κ3) is 6.89. The van der Waals surface area contributed by atoms with Crippen LogP contribution in [0.1, 0.15) is 6.92 Å². The van der Waals surface area contributed by atoms with Gasteiger partial charge in [-0.05, 0) is 55.5 Å². The smallest absolute Gasteiger partial charge is 0.243 e. The fourth-order valence-corrected chi connectivity index (χ4v) is 4.45. The second-order valence-electron chi connectivity index (χ2n) is 7.46. The summed E-state index contributed by atoms with van der Waals surface area (Å²) in [5.41, 5.74) is 0.359. The van der Waals surface area contributed by atoms with Crippen molar-refractivity contribution in [3.05, 3.63) is 78.9 Å². The Bertz CT molecular complexity index is 1180. The van der Waals surface area contributed by atoms with E-state index in [2.05, 4.69) is 5.32 Å². The highest BCUT2D eigenvalue weighted by molar-refractivity contribution is 7.92. The van der Waals surface area contributed by atoms with Gasteiger partial charge in [0.25, 0.3) is 0 Å². The Morgan fingerprint density at radius 3 is 2.18 bits per heavy atom. The largest absolute Gasteiger partial charge is 0.497 e. The number of rotatable bonds is 11. The number of amides is 1. The van der Waals surface area contributed by atoms with Crippen molar-refractivity contribution in [3.63, 3.8) is 0 Å². The molecule has 0 aromatic heterocycles. The van der Waals surface area contributed by atoms with Gasteiger partial charge in [-0.15, -0.1) is 0 Å². The normalized spacial score (nSPS) is 11.9. The van der Waals surface area contributed by atoms with Crippen molar-refractivity contribution in [2.24, 2.45) is 0 Å². The Kier molecular flexibility index (Phi) is 8.37. The Hall–Kier alpha value is -3.72. The fourth-order valence-electron chi connectivity index (χ4n) is 3.28. The minimum atomic E-state index is -3.73. The Morgan fingerprint density at radius 2 is 1.53 bits per heavy atom. The van der Waals surface area contributed by atoms with Crippen molar-refractivity contribution in [3.8, 4) is 23.0 Å². The van der Waals surface area contributed by atoms with Crippen LogP contribution in [0.2, 0.25) is 0 Å². The highest BCUT2D eigenvalue weighted by Crippen LogP contribution is 2.27. The van der Waals surface area contributed by atoms with Gasteiger partial charge >= 0.3 is 0 Å². The predicted molar refractivity (Wildman–Crippen MR) is 131 cm³/mol. The van der Waals surface area contributed by atoms with E-state index in [1.807, 2.05) is 30.3 Å². The number of carbonyl (C=O) groups is 1. The van der Waals surface area contributed by atoms with Gasteiger partial charge in [-0.25, -0.2) is 8.42 Å². The molecule has 0 fully saturated rings. The molecule has 0 saturated heterocycles. The maximum atomic E-state index is 12.7. The molecule has 0 heterocycles. The van der Waals surface area contributed by atoms with E-state index in [0.29, 0.717) is 28.7 Å². The quantitative estimate of drug-likeness (QED) is 0.416. The average Bonchev–Trinajstić information content (AvgIpc) is 2.83.